The van der Waals surface area contributed by atoms with Crippen LogP contribution in [0.15, 0.2) is 17.1 Å². The Bertz CT molecular complexity index is 342. The first-order valence-electron chi connectivity index (χ1n) is 7.67. The van der Waals surface area contributed by atoms with Gasteiger partial charge in [-0.1, -0.05) is 6.08 Å². The molecule has 0 aromatic heterocycles. The maximum Gasteiger partial charge on any atom is 0.117 e. The van der Waals surface area contributed by atoms with Gasteiger partial charge in [-0.15, -0.1) is 0 Å². The minimum atomic E-state index is 0.452. The van der Waals surface area contributed by atoms with Crippen molar-refractivity contribution in [2.24, 2.45) is 10.7 Å². The maximum absolute atomic E-state index is 5.71. The molecule has 20 heavy (non-hydrogen) atoms. The predicted octanol–water partition coefficient (Wildman–Crippen LogP) is 1.43. The van der Waals surface area contributed by atoms with Crippen LogP contribution in [0.25, 0.3) is 0 Å². The summed E-state index contributed by atoms with van der Waals surface area (Å²) in [4.78, 5) is 9.21. The predicted molar refractivity (Wildman–Crippen MR) is 89.6 cm³/mol. The van der Waals surface area contributed by atoms with E-state index in [-0.39, 0.29) is 0 Å². The van der Waals surface area contributed by atoms with Crippen LogP contribution in [0.1, 0.15) is 19.8 Å². The number of aliphatic imine (C=N–C) groups is 1. The molecule has 0 bridgehead atoms. The summed E-state index contributed by atoms with van der Waals surface area (Å²) in [7, 11) is 1.73. The van der Waals surface area contributed by atoms with E-state index in [0.717, 1.165) is 6.04 Å². The molecule has 2 aliphatic rings. The fraction of sp³-hybridized carbons (Fsp3) is 0.800. The summed E-state index contributed by atoms with van der Waals surface area (Å²) < 4.78 is 0. The Balaban J connectivity index is 1.77. The zero-order valence-corrected chi connectivity index (χ0v) is 13.6. The van der Waals surface area contributed by atoms with Crippen molar-refractivity contribution in [1.29, 1.82) is 0 Å². The fourth-order valence-corrected chi connectivity index (χ4v) is 3.97. The van der Waals surface area contributed by atoms with Crippen molar-refractivity contribution in [3.8, 4) is 0 Å². The molecule has 1 atom stereocenters. The highest BCUT2D eigenvalue weighted by Crippen LogP contribution is 2.21. The van der Waals surface area contributed by atoms with Crippen LogP contribution in [0.5, 0.6) is 0 Å². The first-order chi connectivity index (χ1) is 9.70. The Hall–Kier alpha value is -0.520. The molecule has 0 aromatic rings. The third kappa shape index (κ3) is 4.50. The second kappa shape index (κ2) is 8.05. The van der Waals surface area contributed by atoms with Crippen molar-refractivity contribution in [3.05, 3.63) is 12.2 Å². The summed E-state index contributed by atoms with van der Waals surface area (Å²) in [6.07, 6.45) is 6.71. The number of hydrogen-bond donors (Lipinski definition) is 1. The minimum absolute atomic E-state index is 0.452. The molecular weight excluding hydrogens is 268 g/mol. The molecule has 0 spiro atoms. The Morgan fingerprint density at radius 3 is 2.50 bits per heavy atom. The lowest BCUT2D eigenvalue weighted by Gasteiger charge is -2.41. The van der Waals surface area contributed by atoms with Gasteiger partial charge in [0.25, 0.3) is 0 Å². The van der Waals surface area contributed by atoms with Crippen molar-refractivity contribution in [2.45, 2.75) is 31.8 Å². The molecule has 0 amide bonds. The first kappa shape index (κ1) is 15.9. The highest BCUT2D eigenvalue weighted by atomic mass is 32.2. The topological polar surface area (TPSA) is 44.9 Å². The Kier molecular flexibility index (Phi) is 6.39. The van der Waals surface area contributed by atoms with Crippen molar-refractivity contribution in [2.75, 3.05) is 44.7 Å². The van der Waals surface area contributed by atoms with Crippen LogP contribution >= 0.6 is 11.8 Å². The van der Waals surface area contributed by atoms with Crippen LogP contribution in [0, 0.1) is 0 Å². The van der Waals surface area contributed by atoms with E-state index in [0.29, 0.717) is 11.9 Å². The molecule has 2 heterocycles. The lowest BCUT2D eigenvalue weighted by molar-refractivity contribution is 0.105. The highest BCUT2D eigenvalue weighted by molar-refractivity contribution is 7.99. The number of likely N-dealkylation sites (tertiary alicyclic amines) is 1. The van der Waals surface area contributed by atoms with E-state index in [1.807, 2.05) is 6.08 Å². The van der Waals surface area contributed by atoms with Crippen LogP contribution in [0.3, 0.4) is 0 Å². The Morgan fingerprint density at radius 1 is 1.25 bits per heavy atom. The standard InChI is InChI=1S/C15H28N4S/c1-13(3-4-15(16)17-2)18-7-5-14(6-8-18)19-9-11-20-12-10-19/h3-4,13-14H,5-12H2,1-2H3,(H2,16,17)/b4-3-. The third-order valence-corrected chi connectivity index (χ3v) is 5.38. The summed E-state index contributed by atoms with van der Waals surface area (Å²) in [6, 6.07) is 1.26. The highest BCUT2D eigenvalue weighted by Gasteiger charge is 2.26. The molecule has 0 aromatic carbocycles. The van der Waals surface area contributed by atoms with Gasteiger partial charge in [0.15, 0.2) is 0 Å². The van der Waals surface area contributed by atoms with Gasteiger partial charge in [-0.25, -0.2) is 0 Å². The van der Waals surface area contributed by atoms with E-state index in [9.17, 15) is 0 Å². The van der Waals surface area contributed by atoms with Gasteiger partial charge in [-0.05, 0) is 25.8 Å². The van der Waals surface area contributed by atoms with Gasteiger partial charge < -0.3 is 5.73 Å². The second-order valence-electron chi connectivity index (χ2n) is 5.66. The third-order valence-electron chi connectivity index (χ3n) is 4.44. The van der Waals surface area contributed by atoms with E-state index in [1.54, 1.807) is 7.05 Å². The number of hydrogen-bond acceptors (Lipinski definition) is 4. The molecule has 0 saturated carbocycles. The van der Waals surface area contributed by atoms with E-state index in [4.69, 9.17) is 5.73 Å². The van der Waals surface area contributed by atoms with Gasteiger partial charge in [0.1, 0.15) is 5.84 Å². The van der Waals surface area contributed by atoms with Gasteiger partial charge in [-0.3, -0.25) is 14.8 Å². The summed E-state index contributed by atoms with van der Waals surface area (Å²) in [5.74, 6) is 3.24. The Labute approximate surface area is 127 Å². The molecule has 114 valence electrons. The minimum Gasteiger partial charge on any atom is -0.384 e. The van der Waals surface area contributed by atoms with Gasteiger partial charge in [0, 0.05) is 56.8 Å². The number of nitrogens with zero attached hydrogens (tertiary/aromatic N) is 3. The molecule has 2 N–H and O–H groups in total. The smallest absolute Gasteiger partial charge is 0.117 e. The van der Waals surface area contributed by atoms with E-state index < -0.39 is 0 Å². The van der Waals surface area contributed by atoms with Crippen molar-refractivity contribution in [3.63, 3.8) is 0 Å². The number of nitrogens with two attached hydrogens (primary N) is 1. The molecule has 2 aliphatic heterocycles. The lowest BCUT2D eigenvalue weighted by Crippen LogP contribution is -2.49. The largest absolute Gasteiger partial charge is 0.384 e. The average Bonchev–Trinajstić information content (AvgIpc) is 2.53. The molecule has 2 fully saturated rings. The van der Waals surface area contributed by atoms with Crippen LogP contribution in [0.4, 0.5) is 0 Å². The van der Waals surface area contributed by atoms with Crippen LogP contribution in [0.2, 0.25) is 0 Å². The van der Waals surface area contributed by atoms with E-state index in [1.165, 1.54) is 50.5 Å². The summed E-state index contributed by atoms with van der Waals surface area (Å²) in [5, 5.41) is 0. The number of rotatable bonds is 4. The van der Waals surface area contributed by atoms with Crippen LogP contribution in [-0.2, 0) is 0 Å². The summed E-state index contributed by atoms with van der Waals surface area (Å²) >= 11 is 2.10. The number of amidine groups is 1. The molecule has 2 rings (SSSR count). The molecule has 1 unspecified atom stereocenters. The normalized spacial score (nSPS) is 26.2. The molecule has 2 saturated heterocycles. The SMILES string of the molecule is CN=C(N)/C=C\C(C)N1CCC(N2CCSCC2)CC1. The lowest BCUT2D eigenvalue weighted by atomic mass is 10.0. The van der Waals surface area contributed by atoms with Crippen LogP contribution in [-0.4, -0.2) is 72.5 Å². The molecule has 4 nitrogen and oxygen atoms in total. The maximum atomic E-state index is 5.71. The molecule has 0 radical (unpaired) electrons. The van der Waals surface area contributed by atoms with E-state index in [2.05, 4.69) is 39.6 Å². The fourth-order valence-electron chi connectivity index (χ4n) is 3.03. The number of thioether (sulfide) groups is 1. The molecule has 5 heteroatoms. The summed E-state index contributed by atoms with van der Waals surface area (Å²) in [6.45, 7) is 7.21. The van der Waals surface area contributed by atoms with Gasteiger partial charge in [-0.2, -0.15) is 11.8 Å². The van der Waals surface area contributed by atoms with Crippen LogP contribution < -0.4 is 5.73 Å². The van der Waals surface area contributed by atoms with Crippen molar-refractivity contribution < 1.29 is 0 Å². The first-order valence-corrected chi connectivity index (χ1v) is 8.82. The average molecular weight is 296 g/mol. The number of piperidine rings is 1. The van der Waals surface area contributed by atoms with Crippen molar-refractivity contribution >= 4 is 17.6 Å². The zero-order chi connectivity index (χ0) is 14.4. The Morgan fingerprint density at radius 2 is 1.90 bits per heavy atom. The van der Waals surface area contributed by atoms with Gasteiger partial charge in [0.05, 0.1) is 0 Å². The second-order valence-corrected chi connectivity index (χ2v) is 6.89. The van der Waals surface area contributed by atoms with Gasteiger partial charge >= 0.3 is 0 Å². The quantitative estimate of drug-likeness (QED) is 0.630. The van der Waals surface area contributed by atoms with Gasteiger partial charge in [0.2, 0.25) is 0 Å². The van der Waals surface area contributed by atoms with E-state index >= 15 is 0 Å². The van der Waals surface area contributed by atoms with Crippen molar-refractivity contribution in [1.82, 2.24) is 9.80 Å². The monoisotopic (exact) mass is 296 g/mol. The zero-order valence-electron chi connectivity index (χ0n) is 12.8. The molecule has 0 aliphatic carbocycles. The summed E-state index contributed by atoms with van der Waals surface area (Å²) in [5.41, 5.74) is 5.71. The molecular formula is C15H28N4S.